The fourth-order valence-corrected chi connectivity index (χ4v) is 2.65. The first kappa shape index (κ1) is 16.8. The fourth-order valence-electron chi connectivity index (χ4n) is 2.65. The largest absolute Gasteiger partial charge is 0.496 e. The molecule has 0 aliphatic rings. The van der Waals surface area contributed by atoms with Gasteiger partial charge >= 0.3 is 0 Å². The number of nitrogens with one attached hydrogen (secondary N) is 1. The van der Waals surface area contributed by atoms with Crippen molar-refractivity contribution in [2.45, 2.75) is 6.42 Å². The summed E-state index contributed by atoms with van der Waals surface area (Å²) in [6.07, 6.45) is 2.44. The van der Waals surface area contributed by atoms with Gasteiger partial charge in [-0.1, -0.05) is 36.4 Å². The molecule has 0 spiro atoms. The average Bonchev–Trinajstić information content (AvgIpc) is 2.69. The smallest absolute Gasteiger partial charge is 0.138 e. The first-order valence-corrected chi connectivity index (χ1v) is 8.24. The van der Waals surface area contributed by atoms with Crippen molar-refractivity contribution < 1.29 is 4.74 Å². The third-order valence-electron chi connectivity index (χ3n) is 4.03. The second-order valence-corrected chi connectivity index (χ2v) is 5.64. The maximum Gasteiger partial charge on any atom is 0.138 e. The van der Waals surface area contributed by atoms with Crippen molar-refractivity contribution in [1.82, 2.24) is 9.97 Å². The van der Waals surface area contributed by atoms with Crippen molar-refractivity contribution in [2.24, 2.45) is 0 Å². The minimum atomic E-state index is 0.770. The highest BCUT2D eigenvalue weighted by atomic mass is 16.5. The lowest BCUT2D eigenvalue weighted by Crippen LogP contribution is -2.13. The Labute approximate surface area is 148 Å². The highest BCUT2D eigenvalue weighted by Crippen LogP contribution is 2.22. The molecule has 3 rings (SSSR count). The molecule has 1 aromatic heterocycles. The van der Waals surface area contributed by atoms with E-state index >= 15 is 0 Å². The standard InChI is InChI=1S/C20H22N4O/c1-24(17-9-4-3-5-10-17)20-14-19(22-15-23-20)21-13-12-16-8-6-7-11-18(16)25-2/h3-11,14-15H,12-13H2,1-2H3,(H,21,22,23). The van der Waals surface area contributed by atoms with Crippen LogP contribution in [-0.2, 0) is 6.42 Å². The number of para-hydroxylation sites is 2. The molecular weight excluding hydrogens is 312 g/mol. The van der Waals surface area contributed by atoms with Crippen molar-refractivity contribution in [1.29, 1.82) is 0 Å². The maximum atomic E-state index is 5.39. The number of methoxy groups -OCH3 is 1. The Morgan fingerprint density at radius 1 is 1.00 bits per heavy atom. The Morgan fingerprint density at radius 2 is 1.76 bits per heavy atom. The van der Waals surface area contributed by atoms with Crippen LogP contribution in [0.5, 0.6) is 5.75 Å². The number of rotatable bonds is 7. The van der Waals surface area contributed by atoms with Gasteiger partial charge in [0.2, 0.25) is 0 Å². The summed E-state index contributed by atoms with van der Waals surface area (Å²) in [4.78, 5) is 10.7. The van der Waals surface area contributed by atoms with Crippen molar-refractivity contribution in [3.05, 3.63) is 72.6 Å². The van der Waals surface area contributed by atoms with E-state index in [9.17, 15) is 0 Å². The number of hydrogen-bond acceptors (Lipinski definition) is 5. The third-order valence-corrected chi connectivity index (χ3v) is 4.03. The summed E-state index contributed by atoms with van der Waals surface area (Å²) >= 11 is 0. The van der Waals surface area contributed by atoms with Gasteiger partial charge in [-0.25, -0.2) is 9.97 Å². The molecule has 0 radical (unpaired) electrons. The van der Waals surface area contributed by atoms with Crippen molar-refractivity contribution in [3.63, 3.8) is 0 Å². The predicted molar refractivity (Wildman–Crippen MR) is 102 cm³/mol. The fraction of sp³-hybridized carbons (Fsp3) is 0.200. The van der Waals surface area contributed by atoms with Crippen molar-refractivity contribution >= 4 is 17.3 Å². The Bertz CT molecular complexity index is 808. The summed E-state index contributed by atoms with van der Waals surface area (Å²) in [6, 6.07) is 20.1. The highest BCUT2D eigenvalue weighted by molar-refractivity contribution is 5.61. The molecule has 128 valence electrons. The van der Waals surface area contributed by atoms with E-state index in [0.29, 0.717) is 0 Å². The van der Waals surface area contributed by atoms with Crippen molar-refractivity contribution in [2.75, 3.05) is 30.9 Å². The molecule has 0 fully saturated rings. The summed E-state index contributed by atoms with van der Waals surface area (Å²) in [5.74, 6) is 2.57. The molecular formula is C20H22N4O. The topological polar surface area (TPSA) is 50.3 Å². The molecule has 3 aromatic rings. The Morgan fingerprint density at radius 3 is 2.56 bits per heavy atom. The van der Waals surface area contributed by atoms with E-state index in [1.165, 1.54) is 5.56 Å². The van der Waals surface area contributed by atoms with Crippen LogP contribution in [0.3, 0.4) is 0 Å². The normalized spacial score (nSPS) is 10.3. The summed E-state index contributed by atoms with van der Waals surface area (Å²) in [5, 5.41) is 3.36. The Kier molecular flexibility index (Phi) is 5.46. The van der Waals surface area contributed by atoms with Crippen molar-refractivity contribution in [3.8, 4) is 5.75 Å². The van der Waals surface area contributed by atoms with Crippen LogP contribution in [0.2, 0.25) is 0 Å². The molecule has 2 aromatic carbocycles. The van der Waals surface area contributed by atoms with Crippen LogP contribution in [-0.4, -0.2) is 30.7 Å². The number of aromatic nitrogens is 2. The van der Waals surface area contributed by atoms with Gasteiger partial charge in [-0.2, -0.15) is 0 Å². The lowest BCUT2D eigenvalue weighted by Gasteiger charge is -2.18. The summed E-state index contributed by atoms with van der Waals surface area (Å²) < 4.78 is 5.39. The van der Waals surface area contributed by atoms with Gasteiger partial charge in [0.25, 0.3) is 0 Å². The van der Waals surface area contributed by atoms with E-state index in [1.807, 2.05) is 54.4 Å². The molecule has 0 amide bonds. The predicted octanol–water partition coefficient (Wildman–Crippen LogP) is 3.91. The Balaban J connectivity index is 1.64. The lowest BCUT2D eigenvalue weighted by atomic mass is 10.1. The average molecular weight is 334 g/mol. The molecule has 0 saturated carbocycles. The third kappa shape index (κ3) is 4.26. The van der Waals surface area contributed by atoms with Gasteiger partial charge in [-0.05, 0) is 30.2 Å². The van der Waals surface area contributed by atoms with E-state index in [-0.39, 0.29) is 0 Å². The van der Waals surface area contributed by atoms with Gasteiger partial charge in [0.1, 0.15) is 23.7 Å². The molecule has 25 heavy (non-hydrogen) atoms. The van der Waals surface area contributed by atoms with E-state index < -0.39 is 0 Å². The van der Waals surface area contributed by atoms with Crippen LogP contribution < -0.4 is 15.0 Å². The zero-order valence-electron chi connectivity index (χ0n) is 14.5. The second-order valence-electron chi connectivity index (χ2n) is 5.64. The van der Waals surface area contributed by atoms with Crippen LogP contribution in [0.15, 0.2) is 67.0 Å². The quantitative estimate of drug-likeness (QED) is 0.710. The molecule has 5 heteroatoms. The molecule has 1 heterocycles. The maximum absolute atomic E-state index is 5.39. The van der Waals surface area contributed by atoms with Gasteiger partial charge in [-0.3, -0.25) is 0 Å². The zero-order chi connectivity index (χ0) is 17.5. The molecule has 5 nitrogen and oxygen atoms in total. The molecule has 0 aliphatic carbocycles. The van der Waals surface area contributed by atoms with Crippen LogP contribution in [0.25, 0.3) is 0 Å². The number of hydrogen-bond donors (Lipinski definition) is 1. The second kappa shape index (κ2) is 8.15. The number of anilines is 3. The minimum absolute atomic E-state index is 0.770. The van der Waals surface area contributed by atoms with Gasteiger partial charge in [0.05, 0.1) is 7.11 Å². The lowest BCUT2D eigenvalue weighted by molar-refractivity contribution is 0.410. The number of ether oxygens (including phenoxy) is 1. The van der Waals surface area contributed by atoms with Gasteiger partial charge in [0.15, 0.2) is 0 Å². The van der Waals surface area contributed by atoms with E-state index in [4.69, 9.17) is 4.74 Å². The van der Waals surface area contributed by atoms with E-state index in [2.05, 4.69) is 33.5 Å². The SMILES string of the molecule is COc1ccccc1CCNc1cc(N(C)c2ccccc2)ncn1. The highest BCUT2D eigenvalue weighted by Gasteiger charge is 2.07. The number of nitrogens with zero attached hydrogens (tertiary/aromatic N) is 3. The molecule has 0 unspecified atom stereocenters. The minimum Gasteiger partial charge on any atom is -0.496 e. The van der Waals surface area contributed by atoms with Crippen LogP contribution >= 0.6 is 0 Å². The summed E-state index contributed by atoms with van der Waals surface area (Å²) in [7, 11) is 3.69. The van der Waals surface area contributed by atoms with Crippen LogP contribution in [0.4, 0.5) is 17.3 Å². The molecule has 0 saturated heterocycles. The molecule has 0 bridgehead atoms. The van der Waals surface area contributed by atoms with Crippen LogP contribution in [0.1, 0.15) is 5.56 Å². The first-order valence-electron chi connectivity index (χ1n) is 8.24. The molecule has 0 aliphatic heterocycles. The molecule has 1 N–H and O–H groups in total. The first-order chi connectivity index (χ1) is 12.3. The number of benzene rings is 2. The van der Waals surface area contributed by atoms with Gasteiger partial charge < -0.3 is 15.0 Å². The summed E-state index contributed by atoms with van der Waals surface area (Å²) in [6.45, 7) is 0.770. The van der Waals surface area contributed by atoms with E-state index in [1.54, 1.807) is 13.4 Å². The van der Waals surface area contributed by atoms with E-state index in [0.717, 1.165) is 36.0 Å². The van der Waals surface area contributed by atoms with Crippen LogP contribution in [0, 0.1) is 0 Å². The summed E-state index contributed by atoms with van der Waals surface area (Å²) in [5.41, 5.74) is 2.26. The Hall–Kier alpha value is -3.08. The monoisotopic (exact) mass is 334 g/mol. The van der Waals surface area contributed by atoms with Gasteiger partial charge in [-0.15, -0.1) is 0 Å². The molecule has 0 atom stereocenters. The van der Waals surface area contributed by atoms with Gasteiger partial charge in [0, 0.05) is 25.3 Å². The zero-order valence-corrected chi connectivity index (χ0v) is 14.5.